The van der Waals surface area contributed by atoms with E-state index < -0.39 is 0 Å². The van der Waals surface area contributed by atoms with Gasteiger partial charge in [0.15, 0.2) is 17.3 Å². The Morgan fingerprint density at radius 3 is 1.63 bits per heavy atom. The lowest BCUT2D eigenvalue weighted by molar-refractivity contribution is 0.104. The van der Waals surface area contributed by atoms with Crippen molar-refractivity contribution in [3.8, 4) is 28.7 Å². The molecule has 2 aromatic rings. The molecule has 228 valence electrons. The zero-order valence-corrected chi connectivity index (χ0v) is 26.9. The van der Waals surface area contributed by atoms with E-state index in [0.29, 0.717) is 85.3 Å². The van der Waals surface area contributed by atoms with Gasteiger partial charge in [-0.05, 0) is 66.0 Å². The Labute approximate surface area is 248 Å². The molecule has 6 heteroatoms. The summed E-state index contributed by atoms with van der Waals surface area (Å²) in [5, 5.41) is 0. The zero-order chi connectivity index (χ0) is 30.5. The average Bonchev–Trinajstić information content (AvgIpc) is 2.90. The van der Waals surface area contributed by atoms with Crippen molar-refractivity contribution in [1.29, 1.82) is 0 Å². The summed E-state index contributed by atoms with van der Waals surface area (Å²) in [4.78, 5) is 13.8. The van der Waals surface area contributed by atoms with Gasteiger partial charge in [0.25, 0.3) is 0 Å². The minimum absolute atomic E-state index is 0.212. The van der Waals surface area contributed by atoms with Crippen LogP contribution in [-0.4, -0.2) is 38.8 Å². The topological polar surface area (TPSA) is 63.2 Å². The third-order valence-electron chi connectivity index (χ3n) is 5.56. The van der Waals surface area contributed by atoms with E-state index in [1.807, 2.05) is 24.3 Å². The Balaban J connectivity index is 2.53. The summed E-state index contributed by atoms with van der Waals surface area (Å²) in [5.41, 5.74) is 1.17. The molecule has 0 atom stereocenters. The molecule has 0 spiro atoms. The molecule has 0 amide bonds. The molecule has 2 rings (SSSR count). The van der Waals surface area contributed by atoms with Gasteiger partial charge in [0.2, 0.25) is 0 Å². The molecule has 0 heterocycles. The van der Waals surface area contributed by atoms with E-state index >= 15 is 0 Å². The monoisotopic (exact) mass is 568 g/mol. The molecule has 0 saturated carbocycles. The SMILES string of the molecule is CC(C)COc1ccc(OCC(C)C)c(/C=C/C(=O)c2cc(OCC(C)C)cc(OCC(C)C)c2OCC(C)C)c1. The van der Waals surface area contributed by atoms with Crippen molar-refractivity contribution in [1.82, 2.24) is 0 Å². The molecule has 2 aromatic carbocycles. The maximum Gasteiger partial charge on any atom is 0.189 e. The lowest BCUT2D eigenvalue weighted by Gasteiger charge is -2.20. The predicted molar refractivity (Wildman–Crippen MR) is 168 cm³/mol. The van der Waals surface area contributed by atoms with Crippen LogP contribution in [0, 0.1) is 29.6 Å². The lowest BCUT2D eigenvalue weighted by Crippen LogP contribution is -2.13. The number of rotatable bonds is 18. The first kappa shape index (κ1) is 34.1. The van der Waals surface area contributed by atoms with Gasteiger partial charge in [0.05, 0.1) is 38.6 Å². The molecule has 0 bridgehead atoms. The van der Waals surface area contributed by atoms with E-state index in [9.17, 15) is 4.79 Å². The molecule has 6 nitrogen and oxygen atoms in total. The van der Waals surface area contributed by atoms with Gasteiger partial charge in [-0.15, -0.1) is 0 Å². The Morgan fingerprint density at radius 2 is 1.07 bits per heavy atom. The fourth-order valence-corrected chi connectivity index (χ4v) is 3.52. The third kappa shape index (κ3) is 12.5. The molecule has 0 unspecified atom stereocenters. The predicted octanol–water partition coefficient (Wildman–Crippen LogP) is 8.76. The number of carbonyl (C=O) groups is 1. The van der Waals surface area contributed by atoms with Gasteiger partial charge in [-0.1, -0.05) is 69.2 Å². The Morgan fingerprint density at radius 1 is 0.585 bits per heavy atom. The first-order valence-electron chi connectivity index (χ1n) is 15.0. The maximum absolute atomic E-state index is 13.8. The van der Waals surface area contributed by atoms with Crippen molar-refractivity contribution in [2.75, 3.05) is 33.0 Å². The van der Waals surface area contributed by atoms with Crippen LogP contribution >= 0.6 is 0 Å². The second-order valence-corrected chi connectivity index (χ2v) is 12.7. The van der Waals surface area contributed by atoms with Gasteiger partial charge < -0.3 is 23.7 Å². The Kier molecular flexibility index (Phi) is 14.1. The van der Waals surface area contributed by atoms with Gasteiger partial charge in [0.1, 0.15) is 17.2 Å². The van der Waals surface area contributed by atoms with E-state index in [-0.39, 0.29) is 11.7 Å². The number of hydrogen-bond acceptors (Lipinski definition) is 6. The quantitative estimate of drug-likeness (QED) is 0.132. The van der Waals surface area contributed by atoms with Gasteiger partial charge in [-0.25, -0.2) is 0 Å². The summed E-state index contributed by atoms with van der Waals surface area (Å²) >= 11 is 0. The smallest absolute Gasteiger partial charge is 0.189 e. The summed E-state index contributed by atoms with van der Waals surface area (Å²) in [7, 11) is 0. The fourth-order valence-electron chi connectivity index (χ4n) is 3.52. The summed E-state index contributed by atoms with van der Waals surface area (Å²) in [6.45, 7) is 23.6. The first-order valence-corrected chi connectivity index (χ1v) is 15.0. The summed E-state index contributed by atoms with van der Waals surface area (Å²) in [5.74, 6) is 4.44. The third-order valence-corrected chi connectivity index (χ3v) is 5.56. The van der Waals surface area contributed by atoms with Crippen LogP contribution in [0.15, 0.2) is 36.4 Å². The van der Waals surface area contributed by atoms with Crippen molar-refractivity contribution in [3.63, 3.8) is 0 Å². The number of carbonyl (C=O) groups excluding carboxylic acids is 1. The van der Waals surface area contributed by atoms with Crippen molar-refractivity contribution >= 4 is 11.9 Å². The van der Waals surface area contributed by atoms with Crippen LogP contribution in [0.3, 0.4) is 0 Å². The largest absolute Gasteiger partial charge is 0.493 e. The molecule has 0 aromatic heterocycles. The molecule has 0 aliphatic carbocycles. The molecule has 0 aliphatic heterocycles. The van der Waals surface area contributed by atoms with Crippen LogP contribution in [0.5, 0.6) is 28.7 Å². The van der Waals surface area contributed by atoms with Crippen molar-refractivity contribution in [3.05, 3.63) is 47.5 Å². The Hall–Kier alpha value is -3.15. The average molecular weight is 569 g/mol. The minimum atomic E-state index is -0.212. The number of allylic oxidation sites excluding steroid dienone is 1. The van der Waals surface area contributed by atoms with Crippen LogP contribution in [-0.2, 0) is 0 Å². The number of benzene rings is 2. The summed E-state index contributed by atoms with van der Waals surface area (Å²) < 4.78 is 30.4. The molecule has 41 heavy (non-hydrogen) atoms. The minimum Gasteiger partial charge on any atom is -0.493 e. The second-order valence-electron chi connectivity index (χ2n) is 12.7. The van der Waals surface area contributed by atoms with Crippen molar-refractivity contribution in [2.45, 2.75) is 69.2 Å². The van der Waals surface area contributed by atoms with Crippen LogP contribution in [0.1, 0.15) is 85.2 Å². The van der Waals surface area contributed by atoms with Gasteiger partial charge in [-0.3, -0.25) is 4.79 Å². The molecular formula is C35H52O6. The highest BCUT2D eigenvalue weighted by Gasteiger charge is 2.20. The van der Waals surface area contributed by atoms with E-state index in [1.165, 1.54) is 0 Å². The fraction of sp³-hybridized carbons (Fsp3) is 0.571. The molecule has 0 N–H and O–H groups in total. The lowest BCUT2D eigenvalue weighted by atomic mass is 10.1. The van der Waals surface area contributed by atoms with Gasteiger partial charge in [0, 0.05) is 11.6 Å². The normalized spacial score (nSPS) is 11.8. The zero-order valence-electron chi connectivity index (χ0n) is 26.9. The molecular weight excluding hydrogens is 516 g/mol. The summed E-state index contributed by atoms with van der Waals surface area (Å²) in [6.07, 6.45) is 3.34. The standard InChI is InChI=1S/C35H52O6/c1-23(2)18-37-29-12-14-33(39-20-25(5)6)28(15-29)11-13-32(36)31-16-30(38-19-24(3)4)17-34(40-21-26(7)8)35(31)41-22-27(9)10/h11-17,23-27H,18-22H2,1-10H3/b13-11+. The number of ketones is 1. The molecule has 0 aliphatic rings. The highest BCUT2D eigenvalue weighted by molar-refractivity contribution is 6.09. The van der Waals surface area contributed by atoms with Crippen molar-refractivity contribution < 1.29 is 28.5 Å². The van der Waals surface area contributed by atoms with Crippen LogP contribution in [0.2, 0.25) is 0 Å². The van der Waals surface area contributed by atoms with Crippen molar-refractivity contribution in [2.24, 2.45) is 29.6 Å². The van der Waals surface area contributed by atoms with E-state index in [0.717, 1.165) is 11.3 Å². The second kappa shape index (κ2) is 17.0. The highest BCUT2D eigenvalue weighted by atomic mass is 16.5. The Bertz CT molecular complexity index is 1110. The van der Waals surface area contributed by atoms with Gasteiger partial charge >= 0.3 is 0 Å². The van der Waals surface area contributed by atoms with E-state index in [2.05, 4.69) is 69.2 Å². The van der Waals surface area contributed by atoms with E-state index in [4.69, 9.17) is 23.7 Å². The first-order chi connectivity index (χ1) is 19.3. The summed E-state index contributed by atoms with van der Waals surface area (Å²) in [6, 6.07) is 9.30. The van der Waals surface area contributed by atoms with Gasteiger partial charge in [-0.2, -0.15) is 0 Å². The number of ether oxygens (including phenoxy) is 5. The van der Waals surface area contributed by atoms with Crippen LogP contribution in [0.25, 0.3) is 6.08 Å². The molecule has 0 saturated heterocycles. The highest BCUT2D eigenvalue weighted by Crippen LogP contribution is 2.38. The molecule has 0 fully saturated rings. The number of hydrogen-bond donors (Lipinski definition) is 0. The van der Waals surface area contributed by atoms with Crippen LogP contribution in [0.4, 0.5) is 0 Å². The van der Waals surface area contributed by atoms with E-state index in [1.54, 1.807) is 18.2 Å². The molecule has 0 radical (unpaired) electrons. The van der Waals surface area contributed by atoms with Crippen LogP contribution < -0.4 is 23.7 Å². The maximum atomic E-state index is 13.8.